The minimum atomic E-state index is 0.370. The maximum Gasteiger partial charge on any atom is 0.214 e. The van der Waals surface area contributed by atoms with Crippen LogP contribution in [0.1, 0.15) is 0 Å². The summed E-state index contributed by atoms with van der Waals surface area (Å²) in [7, 11) is 0. The topological polar surface area (TPSA) is 71.2 Å². The summed E-state index contributed by atoms with van der Waals surface area (Å²) in [5, 5.41) is 23.5. The van der Waals surface area contributed by atoms with Crippen LogP contribution in [0.4, 0.5) is 0 Å². The van der Waals surface area contributed by atoms with Gasteiger partial charge in [-0.1, -0.05) is 10.3 Å². The standard InChI is InChI=1S/C6H10N4O2/c11-7-5(9-1-2-9)6(8-12)10-3-4-10/h11-12H,1-4H2/b7-5-,8-6+. The van der Waals surface area contributed by atoms with Crippen molar-refractivity contribution in [3.05, 3.63) is 0 Å². The molecule has 2 rings (SSSR count). The fourth-order valence-electron chi connectivity index (χ4n) is 1.02. The van der Waals surface area contributed by atoms with Crippen molar-refractivity contribution in [3.63, 3.8) is 0 Å². The molecule has 0 atom stereocenters. The highest BCUT2D eigenvalue weighted by Gasteiger charge is 2.34. The molecule has 2 heterocycles. The van der Waals surface area contributed by atoms with Crippen molar-refractivity contribution >= 4 is 11.7 Å². The lowest BCUT2D eigenvalue weighted by atomic mass is 10.5. The molecule has 0 amide bonds. The third-order valence-corrected chi connectivity index (χ3v) is 1.88. The fourth-order valence-corrected chi connectivity index (χ4v) is 1.02. The predicted molar refractivity (Wildman–Crippen MR) is 41.6 cm³/mol. The first-order valence-corrected chi connectivity index (χ1v) is 3.81. The Kier molecular flexibility index (Phi) is 1.53. The van der Waals surface area contributed by atoms with Gasteiger partial charge in [0.1, 0.15) is 0 Å². The molecule has 0 radical (unpaired) electrons. The molecule has 0 bridgehead atoms. The highest BCUT2D eigenvalue weighted by atomic mass is 16.4. The summed E-state index contributed by atoms with van der Waals surface area (Å²) < 4.78 is 0. The summed E-state index contributed by atoms with van der Waals surface area (Å²) in [6.45, 7) is 3.47. The van der Waals surface area contributed by atoms with Gasteiger partial charge in [-0.25, -0.2) is 0 Å². The summed E-state index contributed by atoms with van der Waals surface area (Å²) in [6.07, 6.45) is 0. The minimum absolute atomic E-state index is 0.370. The van der Waals surface area contributed by atoms with Crippen LogP contribution in [0.2, 0.25) is 0 Å². The SMILES string of the molecule is O/N=C(/C(=N\O)N1CC1)N1CC1. The van der Waals surface area contributed by atoms with Crippen LogP contribution in [0.25, 0.3) is 0 Å². The lowest BCUT2D eigenvalue weighted by molar-refractivity contribution is 0.306. The van der Waals surface area contributed by atoms with Crippen LogP contribution in [0.5, 0.6) is 0 Å². The zero-order valence-corrected chi connectivity index (χ0v) is 6.51. The first-order chi connectivity index (χ1) is 5.86. The molecular formula is C6H10N4O2. The molecule has 6 nitrogen and oxygen atoms in total. The van der Waals surface area contributed by atoms with Crippen LogP contribution in [0.3, 0.4) is 0 Å². The zero-order valence-electron chi connectivity index (χ0n) is 6.51. The van der Waals surface area contributed by atoms with Gasteiger partial charge in [-0.05, 0) is 0 Å². The second-order valence-electron chi connectivity index (χ2n) is 2.82. The average molecular weight is 170 g/mol. The summed E-state index contributed by atoms with van der Waals surface area (Å²) in [5.41, 5.74) is 0. The Labute approximate surface area is 69.4 Å². The number of amidine groups is 2. The van der Waals surface area contributed by atoms with E-state index in [1.165, 1.54) is 0 Å². The molecule has 0 spiro atoms. The van der Waals surface area contributed by atoms with E-state index in [1.54, 1.807) is 0 Å². The second-order valence-corrected chi connectivity index (χ2v) is 2.82. The number of oxime groups is 2. The van der Waals surface area contributed by atoms with Crippen LogP contribution in [-0.2, 0) is 0 Å². The fraction of sp³-hybridized carbons (Fsp3) is 0.667. The van der Waals surface area contributed by atoms with E-state index in [4.69, 9.17) is 10.4 Å². The number of hydrogen-bond donors (Lipinski definition) is 2. The van der Waals surface area contributed by atoms with Crippen molar-refractivity contribution < 1.29 is 10.4 Å². The molecule has 12 heavy (non-hydrogen) atoms. The van der Waals surface area contributed by atoms with Crippen LogP contribution in [0.15, 0.2) is 10.3 Å². The van der Waals surface area contributed by atoms with Gasteiger partial charge in [0.25, 0.3) is 0 Å². The van der Waals surface area contributed by atoms with Gasteiger partial charge in [0.15, 0.2) is 0 Å². The Hall–Kier alpha value is -1.46. The van der Waals surface area contributed by atoms with Crippen LogP contribution in [0, 0.1) is 0 Å². The molecule has 0 aromatic carbocycles. The molecule has 0 aromatic rings. The van der Waals surface area contributed by atoms with E-state index in [2.05, 4.69) is 10.3 Å². The van der Waals surface area contributed by atoms with Crippen molar-refractivity contribution in [2.75, 3.05) is 26.2 Å². The van der Waals surface area contributed by atoms with E-state index in [-0.39, 0.29) is 0 Å². The summed E-state index contributed by atoms with van der Waals surface area (Å²) in [6, 6.07) is 0. The smallest absolute Gasteiger partial charge is 0.214 e. The number of rotatable bonds is 0. The van der Waals surface area contributed by atoms with Gasteiger partial charge < -0.3 is 20.2 Å². The van der Waals surface area contributed by atoms with E-state index >= 15 is 0 Å². The lowest BCUT2D eigenvalue weighted by Crippen LogP contribution is -2.29. The average Bonchev–Trinajstić information content (AvgIpc) is 2.85. The maximum atomic E-state index is 8.64. The van der Waals surface area contributed by atoms with Gasteiger partial charge in [0.2, 0.25) is 11.7 Å². The van der Waals surface area contributed by atoms with Gasteiger partial charge >= 0.3 is 0 Å². The van der Waals surface area contributed by atoms with Crippen molar-refractivity contribution in [2.45, 2.75) is 0 Å². The number of nitrogens with zero attached hydrogens (tertiary/aromatic N) is 4. The Balaban J connectivity index is 2.12. The summed E-state index contributed by atoms with van der Waals surface area (Å²) >= 11 is 0. The van der Waals surface area contributed by atoms with Crippen molar-refractivity contribution in [2.24, 2.45) is 10.3 Å². The highest BCUT2D eigenvalue weighted by molar-refractivity contribution is 6.40. The van der Waals surface area contributed by atoms with Gasteiger partial charge in [-0.15, -0.1) is 0 Å². The lowest BCUT2D eigenvalue weighted by Gasteiger charge is -2.07. The zero-order chi connectivity index (χ0) is 8.55. The Morgan fingerprint density at radius 3 is 1.33 bits per heavy atom. The van der Waals surface area contributed by atoms with Gasteiger partial charge in [0, 0.05) is 26.2 Å². The van der Waals surface area contributed by atoms with Crippen LogP contribution < -0.4 is 0 Å². The molecule has 0 aliphatic carbocycles. The molecule has 66 valence electrons. The van der Waals surface area contributed by atoms with Gasteiger partial charge in [-0.3, -0.25) is 0 Å². The minimum Gasteiger partial charge on any atom is -0.409 e. The molecule has 0 unspecified atom stereocenters. The second kappa shape index (κ2) is 2.54. The first kappa shape index (κ1) is 7.20. The third-order valence-electron chi connectivity index (χ3n) is 1.88. The quantitative estimate of drug-likeness (QED) is 0.164. The number of hydrogen-bond acceptors (Lipinski definition) is 4. The normalized spacial score (nSPS) is 23.0. The molecule has 2 aliphatic rings. The summed E-state index contributed by atoms with van der Waals surface area (Å²) in [4.78, 5) is 3.65. The van der Waals surface area contributed by atoms with Gasteiger partial charge in [0.05, 0.1) is 0 Å². The van der Waals surface area contributed by atoms with E-state index in [0.717, 1.165) is 26.2 Å². The van der Waals surface area contributed by atoms with E-state index < -0.39 is 0 Å². The maximum absolute atomic E-state index is 8.64. The molecule has 2 fully saturated rings. The Morgan fingerprint density at radius 2 is 1.17 bits per heavy atom. The molecule has 2 aliphatic heterocycles. The molecule has 6 heteroatoms. The van der Waals surface area contributed by atoms with E-state index in [9.17, 15) is 0 Å². The van der Waals surface area contributed by atoms with E-state index in [1.807, 2.05) is 9.80 Å². The van der Waals surface area contributed by atoms with Gasteiger partial charge in [-0.2, -0.15) is 0 Å². The Morgan fingerprint density at radius 1 is 0.833 bits per heavy atom. The van der Waals surface area contributed by atoms with Crippen LogP contribution in [-0.4, -0.2) is 58.1 Å². The van der Waals surface area contributed by atoms with Crippen LogP contribution >= 0.6 is 0 Å². The monoisotopic (exact) mass is 170 g/mol. The third kappa shape index (κ3) is 1.15. The van der Waals surface area contributed by atoms with Crippen molar-refractivity contribution in [1.82, 2.24) is 9.80 Å². The molecule has 0 aromatic heterocycles. The Bertz CT molecular complexity index is 216. The molecular weight excluding hydrogens is 160 g/mol. The van der Waals surface area contributed by atoms with Crippen molar-refractivity contribution in [3.8, 4) is 0 Å². The molecule has 2 N–H and O–H groups in total. The highest BCUT2D eigenvalue weighted by Crippen LogP contribution is 2.13. The first-order valence-electron chi connectivity index (χ1n) is 3.81. The predicted octanol–water partition coefficient (Wildman–Crippen LogP) is -0.807. The van der Waals surface area contributed by atoms with E-state index in [0.29, 0.717) is 11.7 Å². The molecule has 2 saturated heterocycles. The van der Waals surface area contributed by atoms with Crippen molar-refractivity contribution in [1.29, 1.82) is 0 Å². The largest absolute Gasteiger partial charge is 0.409 e. The molecule has 0 saturated carbocycles. The summed E-state index contributed by atoms with van der Waals surface area (Å²) in [5.74, 6) is 0.741.